The minimum atomic E-state index is -0.200. The van der Waals surface area contributed by atoms with Gasteiger partial charge < -0.3 is 10.2 Å². The highest BCUT2D eigenvalue weighted by atomic mass is 79.9. The molecule has 0 aliphatic carbocycles. The van der Waals surface area contributed by atoms with Crippen LogP contribution < -0.4 is 5.32 Å². The fraction of sp³-hybridized carbons (Fsp3) is 0.294. The van der Waals surface area contributed by atoms with E-state index < -0.39 is 0 Å². The highest BCUT2D eigenvalue weighted by molar-refractivity contribution is 9.10. The number of halogens is 2. The molecule has 2 aromatic carbocycles. The van der Waals surface area contributed by atoms with E-state index in [-0.39, 0.29) is 11.9 Å². The quantitative estimate of drug-likeness (QED) is 0.831. The zero-order valence-electron chi connectivity index (χ0n) is 12.5. The van der Waals surface area contributed by atoms with Crippen LogP contribution in [-0.4, -0.2) is 19.0 Å². The Hall–Kier alpha value is -1.39. The van der Waals surface area contributed by atoms with E-state index in [9.17, 15) is 4.39 Å². The molecular weight excluding hydrogens is 331 g/mol. The molecule has 1 unspecified atom stereocenters. The summed E-state index contributed by atoms with van der Waals surface area (Å²) in [6, 6.07) is 13.2. The summed E-state index contributed by atoms with van der Waals surface area (Å²) >= 11 is 3.29. The van der Waals surface area contributed by atoms with Crippen molar-refractivity contribution in [1.29, 1.82) is 0 Å². The van der Waals surface area contributed by atoms with Crippen molar-refractivity contribution in [1.82, 2.24) is 4.90 Å². The van der Waals surface area contributed by atoms with Crippen LogP contribution in [0.1, 0.15) is 24.1 Å². The van der Waals surface area contributed by atoms with Crippen LogP contribution in [0.25, 0.3) is 0 Å². The third kappa shape index (κ3) is 4.29. The van der Waals surface area contributed by atoms with E-state index >= 15 is 0 Å². The Bertz CT molecular complexity index is 613. The molecule has 2 rings (SSSR count). The summed E-state index contributed by atoms with van der Waals surface area (Å²) in [6.45, 7) is 2.82. The number of rotatable bonds is 5. The molecular formula is C17H20BrFN2. The van der Waals surface area contributed by atoms with Gasteiger partial charge in [0.15, 0.2) is 0 Å². The van der Waals surface area contributed by atoms with Crippen LogP contribution in [-0.2, 0) is 6.54 Å². The van der Waals surface area contributed by atoms with Crippen LogP contribution in [0.15, 0.2) is 46.9 Å². The summed E-state index contributed by atoms with van der Waals surface area (Å²) in [4.78, 5) is 2.12. The number of nitrogens with one attached hydrogen (secondary N) is 1. The predicted molar refractivity (Wildman–Crippen MR) is 90.0 cm³/mol. The molecule has 21 heavy (non-hydrogen) atoms. The van der Waals surface area contributed by atoms with Gasteiger partial charge in [-0.15, -0.1) is 0 Å². The Morgan fingerprint density at radius 3 is 2.57 bits per heavy atom. The first-order valence-electron chi connectivity index (χ1n) is 6.91. The van der Waals surface area contributed by atoms with Crippen molar-refractivity contribution >= 4 is 21.6 Å². The van der Waals surface area contributed by atoms with E-state index in [2.05, 4.69) is 32.2 Å². The first kappa shape index (κ1) is 16.0. The Labute approximate surface area is 134 Å². The van der Waals surface area contributed by atoms with Gasteiger partial charge in [0.2, 0.25) is 0 Å². The first-order chi connectivity index (χ1) is 9.97. The first-order valence-corrected chi connectivity index (χ1v) is 7.71. The molecule has 0 saturated carbocycles. The van der Waals surface area contributed by atoms with Crippen LogP contribution in [0, 0.1) is 5.82 Å². The Morgan fingerprint density at radius 2 is 1.90 bits per heavy atom. The van der Waals surface area contributed by atoms with Gasteiger partial charge >= 0.3 is 0 Å². The number of para-hydroxylation sites is 1. The van der Waals surface area contributed by atoms with E-state index in [0.29, 0.717) is 5.56 Å². The lowest BCUT2D eigenvalue weighted by atomic mass is 10.1. The SMILES string of the molecule is CC(Nc1ccccc1CN(C)C)c1ccc(Br)cc1F. The summed E-state index contributed by atoms with van der Waals surface area (Å²) in [5.41, 5.74) is 2.91. The maximum atomic E-state index is 14.0. The molecule has 0 spiro atoms. The lowest BCUT2D eigenvalue weighted by molar-refractivity contribution is 0.403. The van der Waals surface area contributed by atoms with Crippen molar-refractivity contribution in [3.63, 3.8) is 0 Å². The van der Waals surface area contributed by atoms with Gasteiger partial charge in [0.25, 0.3) is 0 Å². The molecule has 0 aliphatic rings. The number of hydrogen-bond acceptors (Lipinski definition) is 2. The summed E-state index contributed by atoms with van der Waals surface area (Å²) in [5, 5.41) is 3.41. The third-order valence-corrected chi connectivity index (χ3v) is 3.80. The van der Waals surface area contributed by atoms with Crippen molar-refractivity contribution in [3.05, 3.63) is 63.9 Å². The van der Waals surface area contributed by atoms with Gasteiger partial charge in [0.05, 0.1) is 6.04 Å². The lowest BCUT2D eigenvalue weighted by Crippen LogP contribution is -2.15. The van der Waals surface area contributed by atoms with Crippen LogP contribution in [0.2, 0.25) is 0 Å². The van der Waals surface area contributed by atoms with E-state index in [1.54, 1.807) is 0 Å². The van der Waals surface area contributed by atoms with Gasteiger partial charge in [-0.25, -0.2) is 4.39 Å². The second kappa shape index (κ2) is 7.05. The minimum absolute atomic E-state index is 0.0959. The standard InChI is InChI=1S/C17H20BrFN2/c1-12(15-9-8-14(18)10-16(15)19)20-17-7-5-4-6-13(17)11-21(2)3/h4-10,12,20H,11H2,1-3H3. The molecule has 2 aromatic rings. The van der Waals surface area contributed by atoms with Gasteiger partial charge in [0.1, 0.15) is 5.82 Å². The van der Waals surface area contributed by atoms with Crippen LogP contribution >= 0.6 is 15.9 Å². The topological polar surface area (TPSA) is 15.3 Å². The predicted octanol–water partition coefficient (Wildman–Crippen LogP) is 4.82. The summed E-state index contributed by atoms with van der Waals surface area (Å²) in [7, 11) is 4.07. The molecule has 0 heterocycles. The van der Waals surface area contributed by atoms with E-state index in [1.165, 1.54) is 11.6 Å². The molecule has 1 N–H and O–H groups in total. The van der Waals surface area contributed by atoms with Crippen LogP contribution in [0.3, 0.4) is 0 Å². The molecule has 0 saturated heterocycles. The van der Waals surface area contributed by atoms with Crippen LogP contribution in [0.4, 0.5) is 10.1 Å². The number of nitrogens with zero attached hydrogens (tertiary/aromatic N) is 1. The zero-order chi connectivity index (χ0) is 15.4. The van der Waals surface area contributed by atoms with Gasteiger partial charge in [0, 0.05) is 22.3 Å². The van der Waals surface area contributed by atoms with Crippen LogP contribution in [0.5, 0.6) is 0 Å². The Balaban J connectivity index is 2.21. The van der Waals surface area contributed by atoms with E-state index in [4.69, 9.17) is 0 Å². The van der Waals surface area contributed by atoms with Crippen molar-refractivity contribution in [2.75, 3.05) is 19.4 Å². The second-order valence-corrected chi connectivity index (χ2v) is 6.34. The third-order valence-electron chi connectivity index (χ3n) is 3.30. The van der Waals surface area contributed by atoms with Gasteiger partial charge in [-0.1, -0.05) is 40.2 Å². The highest BCUT2D eigenvalue weighted by Crippen LogP contribution is 2.26. The summed E-state index contributed by atoms with van der Waals surface area (Å²) < 4.78 is 14.8. The van der Waals surface area contributed by atoms with E-state index in [1.807, 2.05) is 51.4 Å². The molecule has 0 aliphatic heterocycles. The molecule has 0 fully saturated rings. The molecule has 2 nitrogen and oxygen atoms in total. The lowest BCUT2D eigenvalue weighted by Gasteiger charge is -2.20. The van der Waals surface area contributed by atoms with Crippen molar-refractivity contribution < 1.29 is 4.39 Å². The number of hydrogen-bond donors (Lipinski definition) is 1. The van der Waals surface area contributed by atoms with Crippen molar-refractivity contribution in [2.24, 2.45) is 0 Å². The summed E-state index contributed by atoms with van der Waals surface area (Å²) in [6.07, 6.45) is 0. The second-order valence-electron chi connectivity index (χ2n) is 5.43. The normalized spacial score (nSPS) is 12.5. The maximum Gasteiger partial charge on any atom is 0.129 e. The monoisotopic (exact) mass is 350 g/mol. The molecule has 4 heteroatoms. The Morgan fingerprint density at radius 1 is 1.19 bits per heavy atom. The molecule has 0 amide bonds. The molecule has 112 valence electrons. The average molecular weight is 351 g/mol. The highest BCUT2D eigenvalue weighted by Gasteiger charge is 2.12. The minimum Gasteiger partial charge on any atom is -0.378 e. The van der Waals surface area contributed by atoms with E-state index in [0.717, 1.165) is 16.7 Å². The molecule has 1 atom stereocenters. The van der Waals surface area contributed by atoms with Crippen molar-refractivity contribution in [2.45, 2.75) is 19.5 Å². The Kier molecular flexibility index (Phi) is 5.37. The summed E-state index contributed by atoms with van der Waals surface area (Å²) in [5.74, 6) is -0.200. The number of benzene rings is 2. The molecule has 0 bridgehead atoms. The van der Waals surface area contributed by atoms with Gasteiger partial charge in [-0.05, 0) is 44.8 Å². The molecule has 0 radical (unpaired) electrons. The molecule has 0 aromatic heterocycles. The maximum absolute atomic E-state index is 14.0. The van der Waals surface area contributed by atoms with Gasteiger partial charge in [-0.2, -0.15) is 0 Å². The zero-order valence-corrected chi connectivity index (χ0v) is 14.1. The smallest absolute Gasteiger partial charge is 0.129 e. The fourth-order valence-electron chi connectivity index (χ4n) is 2.30. The van der Waals surface area contributed by atoms with Crippen molar-refractivity contribution in [3.8, 4) is 0 Å². The average Bonchev–Trinajstić information content (AvgIpc) is 2.40. The van der Waals surface area contributed by atoms with Gasteiger partial charge in [-0.3, -0.25) is 0 Å². The largest absolute Gasteiger partial charge is 0.378 e. The number of anilines is 1. The fourth-order valence-corrected chi connectivity index (χ4v) is 2.64.